The molecule has 0 bridgehead atoms. The highest BCUT2D eigenvalue weighted by atomic mass is 79.9. The van der Waals surface area contributed by atoms with E-state index in [0.29, 0.717) is 10.3 Å². The second-order valence-electron chi connectivity index (χ2n) is 3.51. The van der Waals surface area contributed by atoms with Gasteiger partial charge in [-0.2, -0.15) is 0 Å². The van der Waals surface area contributed by atoms with E-state index < -0.39 is 5.97 Å². The molecular formula is C12H13BrN2O2. The third kappa shape index (κ3) is 3.75. The lowest BCUT2D eigenvalue weighted by molar-refractivity contribution is 0.0697. The minimum Gasteiger partial charge on any atom is -0.478 e. The van der Waals surface area contributed by atoms with E-state index in [2.05, 4.69) is 32.2 Å². The number of nitrogens with one attached hydrogen (secondary N) is 1. The molecule has 0 spiro atoms. The molecule has 0 radical (unpaired) electrons. The van der Waals surface area contributed by atoms with Crippen molar-refractivity contribution in [2.45, 2.75) is 25.8 Å². The maximum atomic E-state index is 11.0. The molecule has 0 saturated heterocycles. The summed E-state index contributed by atoms with van der Waals surface area (Å²) in [6, 6.07) is 1.30. The van der Waals surface area contributed by atoms with Crippen molar-refractivity contribution in [2.75, 3.05) is 5.32 Å². The zero-order valence-electron chi connectivity index (χ0n) is 9.40. The van der Waals surface area contributed by atoms with Crippen molar-refractivity contribution < 1.29 is 9.90 Å². The third-order valence-electron chi connectivity index (χ3n) is 2.17. The Kier molecular flexibility index (Phi) is 4.98. The monoisotopic (exact) mass is 296 g/mol. The van der Waals surface area contributed by atoms with Crippen LogP contribution < -0.4 is 5.32 Å². The number of terminal acetylenes is 1. The zero-order chi connectivity index (χ0) is 12.8. The number of carbonyl (C=O) groups is 1. The van der Waals surface area contributed by atoms with E-state index in [1.807, 2.05) is 6.92 Å². The molecule has 0 amide bonds. The molecule has 1 unspecified atom stereocenters. The maximum absolute atomic E-state index is 11.0. The van der Waals surface area contributed by atoms with Gasteiger partial charge in [0.1, 0.15) is 11.4 Å². The number of carboxylic acid groups (broad SMARTS) is 1. The molecule has 4 nitrogen and oxygen atoms in total. The molecule has 2 N–H and O–H groups in total. The average Bonchev–Trinajstić information content (AvgIpc) is 2.30. The first-order valence-electron chi connectivity index (χ1n) is 5.20. The molecule has 90 valence electrons. The Morgan fingerprint density at radius 2 is 2.47 bits per heavy atom. The average molecular weight is 297 g/mol. The van der Waals surface area contributed by atoms with Gasteiger partial charge < -0.3 is 10.4 Å². The van der Waals surface area contributed by atoms with Crippen LogP contribution in [0.25, 0.3) is 0 Å². The van der Waals surface area contributed by atoms with Gasteiger partial charge in [0.05, 0.1) is 6.04 Å². The molecule has 0 saturated carbocycles. The standard InChI is InChI=1S/C12H13BrN2O2/c1-3-5-9(4-2)15-11-10(12(16)17)6-8(13)7-14-11/h2,6-7,9H,3,5H2,1H3,(H,14,15)(H,16,17). The van der Waals surface area contributed by atoms with Crippen LogP contribution >= 0.6 is 15.9 Å². The summed E-state index contributed by atoms with van der Waals surface area (Å²) >= 11 is 3.18. The minimum atomic E-state index is -1.03. The minimum absolute atomic E-state index is 0.107. The molecule has 0 aliphatic heterocycles. The highest BCUT2D eigenvalue weighted by molar-refractivity contribution is 9.10. The molecule has 0 aliphatic rings. The fourth-order valence-corrected chi connectivity index (χ4v) is 1.70. The largest absolute Gasteiger partial charge is 0.478 e. The van der Waals surface area contributed by atoms with Crippen molar-refractivity contribution in [1.82, 2.24) is 4.98 Å². The molecule has 5 heteroatoms. The van der Waals surface area contributed by atoms with Crippen molar-refractivity contribution in [3.63, 3.8) is 0 Å². The van der Waals surface area contributed by atoms with Crippen LogP contribution in [0.15, 0.2) is 16.7 Å². The van der Waals surface area contributed by atoms with E-state index in [0.717, 1.165) is 12.8 Å². The lowest BCUT2D eigenvalue weighted by Gasteiger charge is -2.14. The highest BCUT2D eigenvalue weighted by Gasteiger charge is 2.14. The van der Waals surface area contributed by atoms with Gasteiger partial charge in [0.2, 0.25) is 0 Å². The second kappa shape index (κ2) is 6.26. The molecule has 1 aromatic heterocycles. The Bertz CT molecular complexity index is 454. The van der Waals surface area contributed by atoms with E-state index in [4.69, 9.17) is 11.5 Å². The second-order valence-corrected chi connectivity index (χ2v) is 4.42. The van der Waals surface area contributed by atoms with E-state index in [1.165, 1.54) is 12.3 Å². The Balaban J connectivity index is 2.98. The van der Waals surface area contributed by atoms with Gasteiger partial charge in [-0.25, -0.2) is 9.78 Å². The van der Waals surface area contributed by atoms with Crippen LogP contribution in [0.5, 0.6) is 0 Å². The van der Waals surface area contributed by atoms with Crippen LogP contribution in [0.1, 0.15) is 30.1 Å². The molecule has 1 aromatic rings. The topological polar surface area (TPSA) is 62.2 Å². The van der Waals surface area contributed by atoms with Crippen LogP contribution in [-0.4, -0.2) is 22.1 Å². The fraction of sp³-hybridized carbons (Fsp3) is 0.333. The van der Waals surface area contributed by atoms with Crippen LogP contribution in [0.3, 0.4) is 0 Å². The Hall–Kier alpha value is -1.54. The number of aromatic carboxylic acids is 1. The van der Waals surface area contributed by atoms with Crippen molar-refractivity contribution in [3.8, 4) is 12.3 Å². The summed E-state index contributed by atoms with van der Waals surface area (Å²) in [5, 5.41) is 12.0. The summed E-state index contributed by atoms with van der Waals surface area (Å²) in [6.07, 6.45) is 8.59. The number of anilines is 1. The first kappa shape index (κ1) is 13.5. The predicted molar refractivity (Wildman–Crippen MR) is 70.0 cm³/mol. The lowest BCUT2D eigenvalue weighted by atomic mass is 10.1. The number of hydrogen-bond acceptors (Lipinski definition) is 3. The van der Waals surface area contributed by atoms with Crippen LogP contribution in [0.2, 0.25) is 0 Å². The Morgan fingerprint density at radius 1 is 1.76 bits per heavy atom. The van der Waals surface area contributed by atoms with Gasteiger partial charge in [0, 0.05) is 10.7 Å². The summed E-state index contributed by atoms with van der Waals surface area (Å²) in [7, 11) is 0. The molecule has 0 fully saturated rings. The van der Waals surface area contributed by atoms with Gasteiger partial charge in [0.15, 0.2) is 0 Å². The molecule has 1 heterocycles. The van der Waals surface area contributed by atoms with E-state index in [1.54, 1.807) is 0 Å². The first-order chi connectivity index (χ1) is 8.08. The van der Waals surface area contributed by atoms with E-state index >= 15 is 0 Å². The van der Waals surface area contributed by atoms with Crippen LogP contribution in [0, 0.1) is 12.3 Å². The third-order valence-corrected chi connectivity index (χ3v) is 2.61. The number of pyridine rings is 1. The molecule has 17 heavy (non-hydrogen) atoms. The van der Waals surface area contributed by atoms with Gasteiger partial charge in [-0.15, -0.1) is 6.42 Å². The lowest BCUT2D eigenvalue weighted by Crippen LogP contribution is -2.19. The smallest absolute Gasteiger partial charge is 0.339 e. The Morgan fingerprint density at radius 3 is 3.00 bits per heavy atom. The molecule has 0 aromatic carbocycles. The van der Waals surface area contributed by atoms with Crippen molar-refractivity contribution in [1.29, 1.82) is 0 Å². The summed E-state index contributed by atoms with van der Waals surface area (Å²) in [4.78, 5) is 15.1. The van der Waals surface area contributed by atoms with E-state index in [9.17, 15) is 4.79 Å². The molecule has 1 rings (SSSR count). The van der Waals surface area contributed by atoms with Crippen molar-refractivity contribution >= 4 is 27.7 Å². The fourth-order valence-electron chi connectivity index (χ4n) is 1.37. The number of rotatable bonds is 5. The molecule has 1 atom stereocenters. The van der Waals surface area contributed by atoms with E-state index in [-0.39, 0.29) is 11.6 Å². The summed E-state index contributed by atoms with van der Waals surface area (Å²) in [5.74, 6) is 1.85. The van der Waals surface area contributed by atoms with Gasteiger partial charge >= 0.3 is 5.97 Å². The number of hydrogen-bond donors (Lipinski definition) is 2. The highest BCUT2D eigenvalue weighted by Crippen LogP contribution is 2.19. The molecule has 0 aliphatic carbocycles. The number of halogens is 1. The van der Waals surface area contributed by atoms with Gasteiger partial charge in [-0.05, 0) is 28.4 Å². The number of carboxylic acids is 1. The maximum Gasteiger partial charge on any atom is 0.339 e. The summed E-state index contributed by atoms with van der Waals surface area (Å²) in [6.45, 7) is 2.01. The normalized spacial score (nSPS) is 11.6. The van der Waals surface area contributed by atoms with Gasteiger partial charge in [0.25, 0.3) is 0 Å². The SMILES string of the molecule is C#CC(CCC)Nc1ncc(Br)cc1C(=O)O. The number of aromatic nitrogens is 1. The van der Waals surface area contributed by atoms with Crippen LogP contribution in [-0.2, 0) is 0 Å². The Labute approximate surface area is 109 Å². The first-order valence-corrected chi connectivity index (χ1v) is 5.99. The summed E-state index contributed by atoms with van der Waals surface area (Å²) < 4.78 is 0.619. The van der Waals surface area contributed by atoms with Crippen molar-refractivity contribution in [2.24, 2.45) is 0 Å². The predicted octanol–water partition coefficient (Wildman–Crippen LogP) is 2.76. The van der Waals surface area contributed by atoms with Crippen LogP contribution in [0.4, 0.5) is 5.82 Å². The zero-order valence-corrected chi connectivity index (χ0v) is 11.0. The summed E-state index contributed by atoms with van der Waals surface area (Å²) in [5.41, 5.74) is 0.107. The molecular weight excluding hydrogens is 284 g/mol. The quantitative estimate of drug-likeness (QED) is 0.820. The van der Waals surface area contributed by atoms with Gasteiger partial charge in [-0.1, -0.05) is 19.3 Å². The number of nitrogens with zero attached hydrogens (tertiary/aromatic N) is 1. The van der Waals surface area contributed by atoms with Crippen molar-refractivity contribution in [3.05, 3.63) is 22.3 Å². The van der Waals surface area contributed by atoms with Gasteiger partial charge in [-0.3, -0.25) is 0 Å².